The van der Waals surface area contributed by atoms with E-state index >= 15 is 0 Å². The fourth-order valence-corrected chi connectivity index (χ4v) is 1.88. The Morgan fingerprint density at radius 1 is 1.10 bits per heavy atom. The quantitative estimate of drug-likeness (QED) is 0.746. The van der Waals surface area contributed by atoms with Crippen molar-refractivity contribution in [3.63, 3.8) is 0 Å². The van der Waals surface area contributed by atoms with Gasteiger partial charge >= 0.3 is 0 Å². The van der Waals surface area contributed by atoms with E-state index in [1.807, 2.05) is 31.2 Å². The van der Waals surface area contributed by atoms with Crippen molar-refractivity contribution in [2.24, 2.45) is 0 Å². The first kappa shape index (κ1) is 14.4. The van der Waals surface area contributed by atoms with E-state index in [1.165, 1.54) is 0 Å². The Morgan fingerprint density at radius 3 is 2.45 bits per heavy atom. The van der Waals surface area contributed by atoms with Gasteiger partial charge in [-0.25, -0.2) is 4.98 Å². The minimum absolute atomic E-state index is 0.407. The third-order valence-corrected chi connectivity index (χ3v) is 2.92. The van der Waals surface area contributed by atoms with Crippen LogP contribution in [0.4, 0.5) is 4.39 Å². The summed E-state index contributed by atoms with van der Waals surface area (Å²) in [7, 11) is 0. The van der Waals surface area contributed by atoms with Crippen LogP contribution < -0.4 is 4.74 Å². The maximum Gasteiger partial charge on any atom is 0.219 e. The van der Waals surface area contributed by atoms with Crippen LogP contribution in [0.2, 0.25) is 0 Å². The van der Waals surface area contributed by atoms with Crippen molar-refractivity contribution in [1.29, 1.82) is 0 Å². The minimum atomic E-state index is -0.428. The molecule has 2 rings (SSSR count). The second kappa shape index (κ2) is 6.98. The summed E-state index contributed by atoms with van der Waals surface area (Å²) in [6.07, 6.45) is 4.08. The van der Waals surface area contributed by atoms with Crippen molar-refractivity contribution < 1.29 is 9.13 Å². The minimum Gasteiger partial charge on any atom is -0.494 e. The van der Waals surface area contributed by atoms with Crippen LogP contribution in [0.1, 0.15) is 32.3 Å². The molecule has 0 unspecified atom stereocenters. The van der Waals surface area contributed by atoms with Crippen molar-refractivity contribution >= 4 is 0 Å². The molecule has 4 heteroatoms. The largest absolute Gasteiger partial charge is 0.494 e. The zero-order valence-corrected chi connectivity index (χ0v) is 11.9. The van der Waals surface area contributed by atoms with Crippen LogP contribution in [0.3, 0.4) is 0 Å². The van der Waals surface area contributed by atoms with E-state index < -0.39 is 5.95 Å². The summed E-state index contributed by atoms with van der Waals surface area (Å²) in [4.78, 5) is 8.16. The van der Waals surface area contributed by atoms with E-state index in [0.29, 0.717) is 24.4 Å². The third-order valence-electron chi connectivity index (χ3n) is 2.92. The molecule has 1 aromatic heterocycles. The van der Waals surface area contributed by atoms with Gasteiger partial charge in [-0.1, -0.05) is 20.3 Å². The Labute approximate surface area is 118 Å². The van der Waals surface area contributed by atoms with E-state index in [-0.39, 0.29) is 0 Å². The summed E-state index contributed by atoms with van der Waals surface area (Å²) < 4.78 is 19.3. The first-order chi connectivity index (χ1) is 9.74. The van der Waals surface area contributed by atoms with Crippen LogP contribution >= 0.6 is 0 Å². The lowest BCUT2D eigenvalue weighted by Crippen LogP contribution is -1.99. The smallest absolute Gasteiger partial charge is 0.219 e. The number of benzene rings is 1. The predicted octanol–water partition coefficient (Wildman–Crippen LogP) is 4.02. The van der Waals surface area contributed by atoms with Gasteiger partial charge in [-0.05, 0) is 37.1 Å². The highest BCUT2D eigenvalue weighted by Gasteiger charge is 2.08. The molecule has 0 aliphatic carbocycles. The Bertz CT molecular complexity index is 555. The summed E-state index contributed by atoms with van der Waals surface area (Å²) >= 11 is 0. The fraction of sp³-hybridized carbons (Fsp3) is 0.375. The third kappa shape index (κ3) is 3.53. The number of aryl methyl sites for hydroxylation is 1. The van der Waals surface area contributed by atoms with Gasteiger partial charge in [-0.3, -0.25) is 0 Å². The van der Waals surface area contributed by atoms with Crippen LogP contribution in [0, 0.1) is 5.95 Å². The van der Waals surface area contributed by atoms with Crippen molar-refractivity contribution in [3.8, 4) is 17.1 Å². The molecule has 0 aliphatic heterocycles. The molecule has 0 bridgehead atoms. The molecule has 0 atom stereocenters. The van der Waals surface area contributed by atoms with Crippen molar-refractivity contribution in [2.75, 3.05) is 6.61 Å². The highest BCUT2D eigenvalue weighted by atomic mass is 19.1. The molecule has 2 aromatic rings. The van der Waals surface area contributed by atoms with E-state index in [9.17, 15) is 4.39 Å². The maximum atomic E-state index is 13.8. The van der Waals surface area contributed by atoms with Crippen LogP contribution in [-0.4, -0.2) is 16.6 Å². The van der Waals surface area contributed by atoms with E-state index in [1.54, 1.807) is 6.20 Å². The molecule has 3 nitrogen and oxygen atoms in total. The summed E-state index contributed by atoms with van der Waals surface area (Å²) in [5.41, 5.74) is 1.36. The summed E-state index contributed by atoms with van der Waals surface area (Å²) in [5.74, 6) is 0.784. The van der Waals surface area contributed by atoms with Crippen LogP contribution in [0.15, 0.2) is 30.5 Å². The average Bonchev–Trinajstić information content (AvgIpc) is 2.48. The predicted molar refractivity (Wildman–Crippen MR) is 77.2 cm³/mol. The van der Waals surface area contributed by atoms with Gasteiger partial charge in [-0.15, -0.1) is 0 Å². The zero-order valence-electron chi connectivity index (χ0n) is 11.9. The van der Waals surface area contributed by atoms with Gasteiger partial charge < -0.3 is 4.74 Å². The van der Waals surface area contributed by atoms with Crippen molar-refractivity contribution in [1.82, 2.24) is 9.97 Å². The molecule has 0 amide bonds. The molecule has 0 spiro atoms. The fourth-order valence-electron chi connectivity index (χ4n) is 1.88. The zero-order chi connectivity index (χ0) is 14.4. The Morgan fingerprint density at radius 2 is 1.85 bits per heavy atom. The van der Waals surface area contributed by atoms with Gasteiger partial charge in [-0.2, -0.15) is 9.37 Å². The average molecular weight is 274 g/mol. The molecule has 1 heterocycles. The second-order valence-electron chi connectivity index (χ2n) is 4.63. The SMILES string of the molecule is CCCOc1ccc(-c2ncc(CCC)c(F)n2)cc1. The topological polar surface area (TPSA) is 35.0 Å². The first-order valence-electron chi connectivity index (χ1n) is 6.99. The molecule has 106 valence electrons. The first-order valence-corrected chi connectivity index (χ1v) is 6.99. The van der Waals surface area contributed by atoms with Crippen molar-refractivity contribution in [2.45, 2.75) is 33.1 Å². The maximum absolute atomic E-state index is 13.8. The number of nitrogens with zero attached hydrogens (tertiary/aromatic N) is 2. The molecular formula is C16H19FN2O. The van der Waals surface area contributed by atoms with Gasteiger partial charge in [0.05, 0.1) is 6.61 Å². The Hall–Kier alpha value is -1.97. The molecule has 0 N–H and O–H groups in total. The van der Waals surface area contributed by atoms with Gasteiger partial charge in [0.15, 0.2) is 5.82 Å². The Balaban J connectivity index is 2.17. The van der Waals surface area contributed by atoms with E-state index in [0.717, 1.165) is 24.2 Å². The lowest BCUT2D eigenvalue weighted by molar-refractivity contribution is 0.317. The molecule has 0 aliphatic rings. The molecule has 0 saturated heterocycles. The number of halogens is 1. The molecule has 0 saturated carbocycles. The number of hydrogen-bond donors (Lipinski definition) is 0. The lowest BCUT2D eigenvalue weighted by Gasteiger charge is -2.06. The molecule has 0 radical (unpaired) electrons. The second-order valence-corrected chi connectivity index (χ2v) is 4.63. The van der Waals surface area contributed by atoms with E-state index in [2.05, 4.69) is 16.9 Å². The van der Waals surface area contributed by atoms with Gasteiger partial charge in [0, 0.05) is 17.3 Å². The Kier molecular flexibility index (Phi) is 5.04. The van der Waals surface area contributed by atoms with Crippen LogP contribution in [0.25, 0.3) is 11.4 Å². The van der Waals surface area contributed by atoms with E-state index in [4.69, 9.17) is 4.74 Å². The monoisotopic (exact) mass is 274 g/mol. The standard InChI is InChI=1S/C16H19FN2O/c1-3-5-13-11-18-16(19-15(13)17)12-6-8-14(9-7-12)20-10-4-2/h6-9,11H,3-5,10H2,1-2H3. The number of rotatable bonds is 6. The molecule has 1 aromatic carbocycles. The van der Waals surface area contributed by atoms with Crippen LogP contribution in [-0.2, 0) is 6.42 Å². The number of ether oxygens (including phenoxy) is 1. The van der Waals surface area contributed by atoms with Gasteiger partial charge in [0.2, 0.25) is 5.95 Å². The molecular weight excluding hydrogens is 255 g/mol. The van der Waals surface area contributed by atoms with Crippen molar-refractivity contribution in [3.05, 3.63) is 42.0 Å². The summed E-state index contributed by atoms with van der Waals surface area (Å²) in [6.45, 7) is 4.75. The van der Waals surface area contributed by atoms with Gasteiger partial charge in [0.25, 0.3) is 0 Å². The molecule has 0 fully saturated rings. The molecule has 20 heavy (non-hydrogen) atoms. The summed E-state index contributed by atoms with van der Waals surface area (Å²) in [6, 6.07) is 7.40. The van der Waals surface area contributed by atoms with Crippen LogP contribution in [0.5, 0.6) is 5.75 Å². The highest BCUT2D eigenvalue weighted by Crippen LogP contribution is 2.20. The number of hydrogen-bond acceptors (Lipinski definition) is 3. The number of aromatic nitrogens is 2. The normalized spacial score (nSPS) is 10.6. The highest BCUT2D eigenvalue weighted by molar-refractivity contribution is 5.56. The summed E-state index contributed by atoms with van der Waals surface area (Å²) in [5, 5.41) is 0. The van der Waals surface area contributed by atoms with Gasteiger partial charge in [0.1, 0.15) is 5.75 Å². The lowest BCUT2D eigenvalue weighted by atomic mass is 10.1.